The summed E-state index contributed by atoms with van der Waals surface area (Å²) in [5, 5.41) is 10.1. The van der Waals surface area contributed by atoms with Crippen LogP contribution < -0.4 is 10.5 Å². The quantitative estimate of drug-likeness (QED) is 0.750. The summed E-state index contributed by atoms with van der Waals surface area (Å²) in [5.41, 5.74) is 0.125. The van der Waals surface area contributed by atoms with Crippen LogP contribution in [-0.4, -0.2) is 10.1 Å². The second-order valence-electron chi connectivity index (χ2n) is 2.77. The van der Waals surface area contributed by atoms with Gasteiger partial charge in [-0.1, -0.05) is 18.3 Å². The van der Waals surface area contributed by atoms with E-state index in [-0.39, 0.29) is 39.3 Å². The Morgan fingerprint density at radius 1 is 1.50 bits per heavy atom. The van der Waals surface area contributed by atoms with E-state index < -0.39 is 5.56 Å². The van der Waals surface area contributed by atoms with E-state index in [0.29, 0.717) is 5.39 Å². The Balaban J connectivity index is 0.000000980. The van der Waals surface area contributed by atoms with Crippen LogP contribution in [0.2, 0.25) is 0 Å². The summed E-state index contributed by atoms with van der Waals surface area (Å²) in [6, 6.07) is 3.37. The average molecular weight is 356 g/mol. The molecule has 0 spiro atoms. The third-order valence-electron chi connectivity index (χ3n) is 1.93. The summed E-state index contributed by atoms with van der Waals surface area (Å²) >= 11 is 0. The van der Waals surface area contributed by atoms with Crippen molar-refractivity contribution in [3.8, 4) is 5.75 Å². The van der Waals surface area contributed by atoms with Crippen LogP contribution in [0.3, 0.4) is 0 Å². The second-order valence-corrected chi connectivity index (χ2v) is 2.77. The van der Waals surface area contributed by atoms with E-state index in [0.717, 1.165) is 0 Å². The van der Waals surface area contributed by atoms with Crippen LogP contribution in [0.4, 0.5) is 0 Å². The number of rotatable bonds is 0. The Kier molecular flexibility index (Phi) is 3.10. The molecule has 14 heavy (non-hydrogen) atoms. The molecule has 0 bridgehead atoms. The van der Waals surface area contributed by atoms with Gasteiger partial charge in [0.25, 0.3) is 0 Å². The molecule has 0 saturated heterocycles. The number of nitrogens with zero attached hydrogens (tertiary/aromatic N) is 2. The zero-order valence-electron chi connectivity index (χ0n) is 7.43. The Hall–Kier alpha value is -1.10. The fraction of sp³-hybridized carbons (Fsp3) is 0.111. The Labute approximate surface area is 95.5 Å². The van der Waals surface area contributed by atoms with Gasteiger partial charge in [0.05, 0.1) is 0 Å². The molecule has 2 rings (SSSR count). The Morgan fingerprint density at radius 3 is 2.93 bits per heavy atom. The monoisotopic (exact) mass is 356 g/mol. The second kappa shape index (κ2) is 3.96. The minimum Gasteiger partial charge on any atom is -0.507 e. The van der Waals surface area contributed by atoms with Crippen LogP contribution in [0, 0.1) is 6.92 Å². The molecule has 2 heterocycles. The molecule has 4 nitrogen and oxygen atoms in total. The SMILES string of the molecule is Cc1c(O)c2cccnc2[n-]c1=O.[Ta]. The summed E-state index contributed by atoms with van der Waals surface area (Å²) < 4.78 is 0. The number of fused-ring (bicyclic) bond motifs is 1. The van der Waals surface area contributed by atoms with E-state index >= 15 is 0 Å². The number of hydrogen-bond donors (Lipinski definition) is 1. The number of pyridine rings is 2. The van der Waals surface area contributed by atoms with Gasteiger partial charge < -0.3 is 15.1 Å². The third-order valence-corrected chi connectivity index (χ3v) is 1.93. The zero-order valence-corrected chi connectivity index (χ0v) is 10.6. The van der Waals surface area contributed by atoms with Gasteiger partial charge in [-0.15, -0.1) is 0 Å². The Morgan fingerprint density at radius 2 is 2.21 bits per heavy atom. The molecule has 71 valence electrons. The van der Waals surface area contributed by atoms with Crippen molar-refractivity contribution in [1.29, 1.82) is 0 Å². The maximum atomic E-state index is 11.1. The van der Waals surface area contributed by atoms with Crippen molar-refractivity contribution in [2.45, 2.75) is 6.92 Å². The van der Waals surface area contributed by atoms with Gasteiger partial charge in [0.2, 0.25) is 0 Å². The topological polar surface area (TPSA) is 64.3 Å². The summed E-state index contributed by atoms with van der Waals surface area (Å²) in [5.74, 6) is -0.0249. The van der Waals surface area contributed by atoms with Crippen LogP contribution >= 0.6 is 0 Å². The van der Waals surface area contributed by atoms with Gasteiger partial charge in [-0.25, -0.2) is 0 Å². The minimum absolute atomic E-state index is 0. The first-order valence-corrected chi connectivity index (χ1v) is 3.81. The van der Waals surface area contributed by atoms with Crippen molar-refractivity contribution in [1.82, 2.24) is 9.97 Å². The van der Waals surface area contributed by atoms with E-state index in [2.05, 4.69) is 9.97 Å². The molecule has 0 aliphatic carbocycles. The largest absolute Gasteiger partial charge is 0.507 e. The van der Waals surface area contributed by atoms with Gasteiger partial charge in [0.1, 0.15) is 5.75 Å². The van der Waals surface area contributed by atoms with Gasteiger partial charge in [-0.05, 0) is 12.6 Å². The number of aromatic nitrogens is 2. The summed E-state index contributed by atoms with van der Waals surface area (Å²) in [4.78, 5) is 18.7. The molecule has 2 aromatic heterocycles. The maximum Gasteiger partial charge on any atom is 0.177 e. The standard InChI is InChI=1S/C9H8N2O2.Ta/c1-5-7(12)6-3-2-4-10-8(6)11-9(5)13;/h2-4H,1H3,(H2,10,11,12,13);/p-1. The molecule has 0 amide bonds. The molecule has 0 unspecified atom stereocenters. The first-order chi connectivity index (χ1) is 6.20. The zero-order chi connectivity index (χ0) is 9.42. The van der Waals surface area contributed by atoms with Gasteiger partial charge >= 0.3 is 0 Å². The van der Waals surface area contributed by atoms with Crippen molar-refractivity contribution in [3.63, 3.8) is 0 Å². The Bertz CT molecular complexity index is 522. The molecular weight excluding hydrogens is 349 g/mol. The predicted octanol–water partition coefficient (Wildman–Crippen LogP) is 0.564. The van der Waals surface area contributed by atoms with E-state index in [9.17, 15) is 9.90 Å². The van der Waals surface area contributed by atoms with Crippen LogP contribution in [0.5, 0.6) is 5.75 Å². The van der Waals surface area contributed by atoms with Crippen molar-refractivity contribution < 1.29 is 27.5 Å². The van der Waals surface area contributed by atoms with E-state index in [1.165, 1.54) is 13.1 Å². The number of hydrogen-bond acceptors (Lipinski definition) is 3. The van der Waals surface area contributed by atoms with Crippen molar-refractivity contribution in [2.75, 3.05) is 0 Å². The van der Waals surface area contributed by atoms with Gasteiger partial charge in [0.15, 0.2) is 5.56 Å². The van der Waals surface area contributed by atoms with Crippen LogP contribution in [0.15, 0.2) is 23.1 Å². The van der Waals surface area contributed by atoms with Gasteiger partial charge in [0, 0.05) is 33.3 Å². The summed E-state index contributed by atoms with van der Waals surface area (Å²) in [6.45, 7) is 1.54. The first-order valence-electron chi connectivity index (χ1n) is 3.81. The first kappa shape index (κ1) is 11.0. The minimum atomic E-state index is -0.427. The maximum absolute atomic E-state index is 11.1. The predicted molar refractivity (Wildman–Crippen MR) is 47.7 cm³/mol. The molecule has 0 aromatic carbocycles. The molecule has 2 aromatic rings. The molecule has 0 saturated carbocycles. The molecule has 0 fully saturated rings. The fourth-order valence-corrected chi connectivity index (χ4v) is 1.15. The molecule has 0 aliphatic heterocycles. The molecule has 5 heteroatoms. The summed E-state index contributed by atoms with van der Waals surface area (Å²) in [7, 11) is 0. The molecule has 1 N–H and O–H groups in total. The summed E-state index contributed by atoms with van der Waals surface area (Å²) in [6.07, 6.45) is 1.53. The third kappa shape index (κ3) is 1.59. The van der Waals surface area contributed by atoms with E-state index in [1.807, 2.05) is 0 Å². The van der Waals surface area contributed by atoms with Crippen molar-refractivity contribution >= 4 is 11.0 Å². The van der Waals surface area contributed by atoms with Crippen LogP contribution in [0.1, 0.15) is 5.56 Å². The smallest absolute Gasteiger partial charge is 0.177 e. The fourth-order valence-electron chi connectivity index (χ4n) is 1.15. The van der Waals surface area contributed by atoms with Gasteiger partial charge in [-0.3, -0.25) is 4.79 Å². The average Bonchev–Trinajstić information content (AvgIpc) is 2.15. The van der Waals surface area contributed by atoms with Crippen LogP contribution in [0.25, 0.3) is 11.0 Å². The van der Waals surface area contributed by atoms with Gasteiger partial charge in [-0.2, -0.15) is 0 Å². The molecule has 0 aliphatic rings. The molecule has 0 atom stereocenters. The van der Waals surface area contributed by atoms with Crippen molar-refractivity contribution in [3.05, 3.63) is 34.2 Å². The normalized spacial score (nSPS) is 9.79. The molecule has 1 radical (unpaired) electrons. The van der Waals surface area contributed by atoms with Crippen molar-refractivity contribution in [2.24, 2.45) is 0 Å². The molecular formula is C9H7N2O2Ta-. The number of aromatic hydroxyl groups is 1. The van der Waals surface area contributed by atoms with E-state index in [1.54, 1.807) is 12.1 Å². The van der Waals surface area contributed by atoms with Crippen LogP contribution in [-0.2, 0) is 22.4 Å². The van der Waals surface area contributed by atoms with E-state index in [4.69, 9.17) is 0 Å².